The van der Waals surface area contributed by atoms with E-state index >= 15 is 0 Å². The lowest BCUT2D eigenvalue weighted by Gasteiger charge is -2.30. The summed E-state index contributed by atoms with van der Waals surface area (Å²) >= 11 is 0. The molecule has 1 aliphatic heterocycles. The van der Waals surface area contributed by atoms with Crippen LogP contribution in [-0.2, 0) is 14.8 Å². The van der Waals surface area contributed by atoms with Crippen molar-refractivity contribution in [1.29, 1.82) is 0 Å². The van der Waals surface area contributed by atoms with Crippen molar-refractivity contribution in [1.82, 2.24) is 4.31 Å². The third-order valence-corrected chi connectivity index (χ3v) is 7.41. The number of carbonyl (C=O) groups is 1. The van der Waals surface area contributed by atoms with E-state index < -0.39 is 10.0 Å². The van der Waals surface area contributed by atoms with Gasteiger partial charge in [0.25, 0.3) is 0 Å². The Morgan fingerprint density at radius 1 is 1.09 bits per heavy atom. The van der Waals surface area contributed by atoms with Crippen molar-refractivity contribution in [3.05, 3.63) is 65.6 Å². The molecule has 6 nitrogen and oxygen atoms in total. The second-order valence-electron chi connectivity index (χ2n) is 8.35. The molecule has 0 radical (unpaired) electrons. The topological polar surface area (TPSA) is 69.7 Å². The molecule has 1 fully saturated rings. The number of anilines is 2. The molecule has 2 aromatic carbocycles. The Balaban J connectivity index is 1.53. The van der Waals surface area contributed by atoms with Crippen LogP contribution in [0.2, 0.25) is 0 Å². The van der Waals surface area contributed by atoms with Crippen LogP contribution in [0.4, 0.5) is 11.4 Å². The van der Waals surface area contributed by atoms with Crippen molar-refractivity contribution in [2.24, 2.45) is 5.92 Å². The number of nitrogens with zero attached hydrogens (tertiary/aromatic N) is 2. The van der Waals surface area contributed by atoms with Gasteiger partial charge in [-0.25, -0.2) is 8.42 Å². The summed E-state index contributed by atoms with van der Waals surface area (Å²) in [5.74, 6) is -0.243. The van der Waals surface area contributed by atoms with Crippen molar-refractivity contribution < 1.29 is 13.2 Å². The lowest BCUT2D eigenvalue weighted by atomic mass is 9.97. The minimum absolute atomic E-state index is 0.0502. The van der Waals surface area contributed by atoms with E-state index in [1.807, 2.05) is 54.6 Å². The molecule has 1 heterocycles. The first-order chi connectivity index (χ1) is 15.3. The summed E-state index contributed by atoms with van der Waals surface area (Å²) in [7, 11) is -3.50. The number of piperidine rings is 1. The van der Waals surface area contributed by atoms with Crippen molar-refractivity contribution in [2.75, 3.05) is 29.9 Å². The van der Waals surface area contributed by atoms with Crippen LogP contribution in [0.15, 0.2) is 60.0 Å². The van der Waals surface area contributed by atoms with Crippen molar-refractivity contribution in [2.45, 2.75) is 39.7 Å². The molecular formula is C25H33N3O3S. The fraction of sp³-hybridized carbons (Fsp3) is 0.400. The van der Waals surface area contributed by atoms with Crippen LogP contribution < -0.4 is 10.2 Å². The molecule has 0 atom stereocenters. The molecule has 0 saturated carbocycles. The number of nitrogens with one attached hydrogen (secondary N) is 1. The van der Waals surface area contributed by atoms with Gasteiger partial charge in [0.05, 0.1) is 0 Å². The highest BCUT2D eigenvalue weighted by Gasteiger charge is 2.30. The lowest BCUT2D eigenvalue weighted by Crippen LogP contribution is -2.40. The molecule has 1 saturated heterocycles. The summed E-state index contributed by atoms with van der Waals surface area (Å²) in [5, 5.41) is 4.24. The Hall–Kier alpha value is -2.64. The van der Waals surface area contributed by atoms with E-state index in [2.05, 4.69) is 31.0 Å². The van der Waals surface area contributed by atoms with E-state index in [0.717, 1.165) is 23.5 Å². The van der Waals surface area contributed by atoms with Gasteiger partial charge in [-0.2, -0.15) is 4.31 Å². The van der Waals surface area contributed by atoms with Gasteiger partial charge in [0, 0.05) is 48.4 Å². The Morgan fingerprint density at radius 3 is 2.28 bits per heavy atom. The number of amides is 1. The zero-order chi connectivity index (χ0) is 23.1. The van der Waals surface area contributed by atoms with Gasteiger partial charge < -0.3 is 10.2 Å². The molecule has 172 valence electrons. The largest absolute Gasteiger partial charge is 0.369 e. The minimum atomic E-state index is -3.50. The highest BCUT2D eigenvalue weighted by atomic mass is 32.2. The van der Waals surface area contributed by atoms with Gasteiger partial charge in [0.15, 0.2) is 0 Å². The van der Waals surface area contributed by atoms with Crippen LogP contribution in [0, 0.1) is 5.92 Å². The van der Waals surface area contributed by atoms with Gasteiger partial charge >= 0.3 is 0 Å². The molecule has 2 aromatic rings. The van der Waals surface area contributed by atoms with Crippen LogP contribution in [0.5, 0.6) is 0 Å². The van der Waals surface area contributed by atoms with E-state index in [9.17, 15) is 13.2 Å². The second kappa shape index (κ2) is 10.8. The molecule has 32 heavy (non-hydrogen) atoms. The van der Waals surface area contributed by atoms with Crippen LogP contribution in [-0.4, -0.2) is 44.3 Å². The molecule has 0 spiro atoms. The van der Waals surface area contributed by atoms with Crippen molar-refractivity contribution in [3.63, 3.8) is 0 Å². The summed E-state index contributed by atoms with van der Waals surface area (Å²) in [6.07, 6.45) is 2.63. The van der Waals surface area contributed by atoms with Crippen molar-refractivity contribution >= 4 is 33.4 Å². The Labute approximate surface area is 192 Å². The average Bonchev–Trinajstić information content (AvgIpc) is 2.80. The molecule has 1 aliphatic rings. The predicted molar refractivity (Wildman–Crippen MR) is 132 cm³/mol. The number of benzene rings is 2. The first-order valence-corrected chi connectivity index (χ1v) is 12.7. The maximum absolute atomic E-state index is 12.7. The van der Waals surface area contributed by atoms with Gasteiger partial charge in [-0.1, -0.05) is 30.3 Å². The Morgan fingerprint density at radius 2 is 1.72 bits per heavy atom. The molecule has 1 amide bonds. The van der Waals surface area contributed by atoms with E-state index in [1.165, 1.54) is 9.71 Å². The average molecular weight is 456 g/mol. The summed E-state index contributed by atoms with van der Waals surface area (Å²) in [6, 6.07) is 17.6. The summed E-state index contributed by atoms with van der Waals surface area (Å²) in [5.41, 5.74) is 2.73. The maximum Gasteiger partial charge on any atom is 0.236 e. The first kappa shape index (κ1) is 24.0. The third kappa shape index (κ3) is 6.20. The molecule has 0 aliphatic carbocycles. The normalized spacial score (nSPS) is 15.9. The fourth-order valence-corrected chi connectivity index (χ4v) is 5.23. The van der Waals surface area contributed by atoms with Gasteiger partial charge in [-0.05, 0) is 69.5 Å². The predicted octanol–water partition coefficient (Wildman–Crippen LogP) is 4.57. The Bertz CT molecular complexity index is 1010. The minimum Gasteiger partial charge on any atom is -0.369 e. The number of hydrogen-bond acceptors (Lipinski definition) is 4. The zero-order valence-corrected chi connectivity index (χ0v) is 19.9. The zero-order valence-electron chi connectivity index (χ0n) is 19.1. The van der Waals surface area contributed by atoms with E-state index in [4.69, 9.17) is 0 Å². The maximum atomic E-state index is 12.7. The standard InChI is InChI=1S/C25H33N3O3S/c1-4-28(20(2)3)24-12-10-23(11-13-24)26-25(29)22-14-17-27(18-15-22)32(30,31)19-16-21-8-6-5-7-9-21/h5-13,16,19-20,22H,4,14-15,17-18H2,1-3H3,(H,26,29). The molecular weight excluding hydrogens is 422 g/mol. The van der Waals surface area contributed by atoms with Gasteiger partial charge in [-0.15, -0.1) is 0 Å². The van der Waals surface area contributed by atoms with Crippen LogP contribution in [0.25, 0.3) is 6.08 Å². The van der Waals surface area contributed by atoms with E-state index in [0.29, 0.717) is 32.0 Å². The summed E-state index contributed by atoms with van der Waals surface area (Å²) in [4.78, 5) is 15.0. The highest BCUT2D eigenvalue weighted by molar-refractivity contribution is 7.92. The first-order valence-electron chi connectivity index (χ1n) is 11.2. The van der Waals surface area contributed by atoms with Gasteiger partial charge in [0.1, 0.15) is 0 Å². The fourth-order valence-electron chi connectivity index (χ4n) is 4.01. The van der Waals surface area contributed by atoms with Gasteiger partial charge in [0.2, 0.25) is 15.9 Å². The number of carbonyl (C=O) groups excluding carboxylic acids is 1. The van der Waals surface area contributed by atoms with Crippen LogP contribution in [0.3, 0.4) is 0 Å². The third-order valence-electron chi connectivity index (χ3n) is 5.85. The van der Waals surface area contributed by atoms with E-state index in [-0.39, 0.29) is 11.8 Å². The second-order valence-corrected chi connectivity index (χ2v) is 10.2. The monoisotopic (exact) mass is 455 g/mol. The highest BCUT2D eigenvalue weighted by Crippen LogP contribution is 2.24. The van der Waals surface area contributed by atoms with Crippen LogP contribution >= 0.6 is 0 Å². The van der Waals surface area contributed by atoms with E-state index in [1.54, 1.807) is 6.08 Å². The summed E-state index contributed by atoms with van der Waals surface area (Å²) < 4.78 is 26.7. The molecule has 7 heteroatoms. The molecule has 1 N–H and O–H groups in total. The Kier molecular flexibility index (Phi) is 8.10. The summed E-state index contributed by atoms with van der Waals surface area (Å²) in [6.45, 7) is 8.05. The SMILES string of the molecule is CCN(c1ccc(NC(=O)C2CCN(S(=O)(=O)C=Cc3ccccc3)CC2)cc1)C(C)C. The van der Waals surface area contributed by atoms with Gasteiger partial charge in [-0.3, -0.25) is 4.79 Å². The van der Waals surface area contributed by atoms with Crippen molar-refractivity contribution in [3.8, 4) is 0 Å². The number of sulfonamides is 1. The lowest BCUT2D eigenvalue weighted by molar-refractivity contribution is -0.120. The smallest absolute Gasteiger partial charge is 0.236 e. The molecule has 3 rings (SSSR count). The molecule has 0 unspecified atom stereocenters. The number of hydrogen-bond donors (Lipinski definition) is 1. The number of rotatable bonds is 8. The molecule has 0 bridgehead atoms. The van der Waals surface area contributed by atoms with Crippen LogP contribution in [0.1, 0.15) is 39.2 Å². The quantitative estimate of drug-likeness (QED) is 0.633. The molecule has 0 aromatic heterocycles.